The van der Waals surface area contributed by atoms with Crippen LogP contribution in [0.3, 0.4) is 0 Å². The highest BCUT2D eigenvalue weighted by molar-refractivity contribution is 5.93. The first-order valence-electron chi connectivity index (χ1n) is 6.00. The van der Waals surface area contributed by atoms with Crippen molar-refractivity contribution in [3.63, 3.8) is 0 Å². The zero-order chi connectivity index (χ0) is 12.5. The van der Waals surface area contributed by atoms with Crippen LogP contribution in [0, 0.1) is 11.3 Å². The van der Waals surface area contributed by atoms with Crippen LogP contribution in [0.15, 0.2) is 23.1 Å². The standard InChI is InChI=1S/C13H18N2O2/c1-9(2)13(4-5-13)8-15-12(17)10-3-6-14-11(16)7-10/h3,6-7,9H,4-5,8H2,1-2H3,(H,14,16)(H,15,17). The Bertz CT molecular complexity index is 472. The third-order valence-corrected chi connectivity index (χ3v) is 3.76. The fourth-order valence-corrected chi connectivity index (χ4v) is 2.06. The maximum absolute atomic E-state index is 11.8. The number of hydrogen-bond donors (Lipinski definition) is 2. The lowest BCUT2D eigenvalue weighted by molar-refractivity contribution is 0.0939. The third kappa shape index (κ3) is 2.57. The number of rotatable bonds is 4. The number of aromatic nitrogens is 1. The van der Waals surface area contributed by atoms with Crippen LogP contribution in [-0.4, -0.2) is 17.4 Å². The summed E-state index contributed by atoms with van der Waals surface area (Å²) in [5.41, 5.74) is 0.465. The van der Waals surface area contributed by atoms with Gasteiger partial charge in [-0.15, -0.1) is 0 Å². The van der Waals surface area contributed by atoms with Gasteiger partial charge in [-0.2, -0.15) is 0 Å². The third-order valence-electron chi connectivity index (χ3n) is 3.76. The Morgan fingerprint density at radius 1 is 1.53 bits per heavy atom. The fraction of sp³-hybridized carbons (Fsp3) is 0.538. The molecule has 1 fully saturated rings. The monoisotopic (exact) mass is 234 g/mol. The Kier molecular flexibility index (Phi) is 3.05. The van der Waals surface area contributed by atoms with Crippen molar-refractivity contribution in [1.29, 1.82) is 0 Å². The van der Waals surface area contributed by atoms with Gasteiger partial charge in [0.15, 0.2) is 0 Å². The van der Waals surface area contributed by atoms with E-state index in [1.54, 1.807) is 6.07 Å². The number of nitrogens with one attached hydrogen (secondary N) is 2. The highest BCUT2D eigenvalue weighted by Crippen LogP contribution is 2.51. The summed E-state index contributed by atoms with van der Waals surface area (Å²) in [6, 6.07) is 2.94. The zero-order valence-corrected chi connectivity index (χ0v) is 10.2. The van der Waals surface area contributed by atoms with E-state index in [0.29, 0.717) is 18.0 Å². The predicted octanol–water partition coefficient (Wildman–Crippen LogP) is 1.54. The highest BCUT2D eigenvalue weighted by atomic mass is 16.2. The van der Waals surface area contributed by atoms with Crippen LogP contribution in [0.25, 0.3) is 0 Å². The second-order valence-electron chi connectivity index (χ2n) is 5.14. The molecule has 0 radical (unpaired) electrons. The number of aromatic amines is 1. The van der Waals surface area contributed by atoms with Crippen LogP contribution in [0.5, 0.6) is 0 Å². The molecule has 4 heteroatoms. The Balaban J connectivity index is 1.97. The first-order chi connectivity index (χ1) is 8.03. The van der Waals surface area contributed by atoms with Crippen molar-refractivity contribution >= 4 is 5.91 Å². The number of carbonyl (C=O) groups is 1. The van der Waals surface area contributed by atoms with E-state index in [9.17, 15) is 9.59 Å². The summed E-state index contributed by atoms with van der Waals surface area (Å²) in [6.07, 6.45) is 3.85. The van der Waals surface area contributed by atoms with Gasteiger partial charge in [-0.1, -0.05) is 13.8 Å². The van der Waals surface area contributed by atoms with Gasteiger partial charge in [-0.25, -0.2) is 0 Å². The molecule has 1 aliphatic carbocycles. The van der Waals surface area contributed by atoms with Gasteiger partial charge in [-0.05, 0) is 30.2 Å². The van der Waals surface area contributed by atoms with E-state index >= 15 is 0 Å². The molecule has 1 aromatic heterocycles. The number of amides is 1. The van der Waals surface area contributed by atoms with E-state index in [2.05, 4.69) is 24.1 Å². The Labute approximate surface area is 100 Å². The first kappa shape index (κ1) is 11.9. The van der Waals surface area contributed by atoms with Gasteiger partial charge in [0, 0.05) is 24.4 Å². The summed E-state index contributed by atoms with van der Waals surface area (Å²) in [5.74, 6) is 0.421. The molecule has 4 nitrogen and oxygen atoms in total. The van der Waals surface area contributed by atoms with Crippen molar-refractivity contribution < 1.29 is 4.79 Å². The molecule has 1 aliphatic rings. The molecule has 0 bridgehead atoms. The summed E-state index contributed by atoms with van der Waals surface area (Å²) < 4.78 is 0. The lowest BCUT2D eigenvalue weighted by Gasteiger charge is -2.19. The quantitative estimate of drug-likeness (QED) is 0.830. The first-order valence-corrected chi connectivity index (χ1v) is 6.00. The summed E-state index contributed by atoms with van der Waals surface area (Å²) in [7, 11) is 0. The van der Waals surface area contributed by atoms with Gasteiger partial charge in [0.1, 0.15) is 0 Å². The van der Waals surface area contributed by atoms with Gasteiger partial charge in [-0.3, -0.25) is 9.59 Å². The minimum Gasteiger partial charge on any atom is -0.351 e. The maximum Gasteiger partial charge on any atom is 0.251 e. The number of hydrogen-bond acceptors (Lipinski definition) is 2. The SMILES string of the molecule is CC(C)C1(CNC(=O)c2cc[nH]c(=O)c2)CC1. The molecule has 2 N–H and O–H groups in total. The van der Waals surface area contributed by atoms with Crippen molar-refractivity contribution in [2.45, 2.75) is 26.7 Å². The van der Waals surface area contributed by atoms with Gasteiger partial charge < -0.3 is 10.3 Å². The van der Waals surface area contributed by atoms with Crippen LogP contribution in [0.1, 0.15) is 37.0 Å². The lowest BCUT2D eigenvalue weighted by Crippen LogP contribution is -2.33. The molecular weight excluding hydrogens is 216 g/mol. The van der Waals surface area contributed by atoms with Crippen molar-refractivity contribution in [1.82, 2.24) is 10.3 Å². The molecule has 0 aliphatic heterocycles. The van der Waals surface area contributed by atoms with Crippen molar-refractivity contribution in [2.75, 3.05) is 6.54 Å². The molecule has 1 amide bonds. The Morgan fingerprint density at radius 2 is 2.24 bits per heavy atom. The van der Waals surface area contributed by atoms with E-state index < -0.39 is 0 Å². The summed E-state index contributed by atoms with van der Waals surface area (Å²) in [6.45, 7) is 5.08. The van der Waals surface area contributed by atoms with Crippen molar-refractivity contribution in [3.05, 3.63) is 34.2 Å². The largest absolute Gasteiger partial charge is 0.351 e. The van der Waals surface area contributed by atoms with Crippen molar-refractivity contribution in [2.24, 2.45) is 11.3 Å². The second kappa shape index (κ2) is 4.35. The molecule has 17 heavy (non-hydrogen) atoms. The van der Waals surface area contributed by atoms with E-state index in [-0.39, 0.29) is 16.9 Å². The highest BCUT2D eigenvalue weighted by Gasteiger charge is 2.45. The van der Waals surface area contributed by atoms with Crippen molar-refractivity contribution in [3.8, 4) is 0 Å². The topological polar surface area (TPSA) is 62.0 Å². The van der Waals surface area contributed by atoms with Gasteiger partial charge >= 0.3 is 0 Å². The normalized spacial score (nSPS) is 16.9. The van der Waals surface area contributed by atoms with Crippen LogP contribution in [0.2, 0.25) is 0 Å². The van der Waals surface area contributed by atoms with Crippen LogP contribution in [-0.2, 0) is 0 Å². The molecule has 0 unspecified atom stereocenters. The van der Waals surface area contributed by atoms with Gasteiger partial charge in [0.05, 0.1) is 0 Å². The smallest absolute Gasteiger partial charge is 0.251 e. The second-order valence-corrected chi connectivity index (χ2v) is 5.14. The molecule has 1 saturated carbocycles. The molecule has 92 valence electrons. The fourth-order valence-electron chi connectivity index (χ4n) is 2.06. The molecule has 0 atom stereocenters. The van der Waals surface area contributed by atoms with E-state index in [0.717, 1.165) is 0 Å². The molecule has 2 rings (SSSR count). The summed E-state index contributed by atoms with van der Waals surface area (Å²) in [4.78, 5) is 25.4. The number of carbonyl (C=O) groups excluding carboxylic acids is 1. The van der Waals surface area contributed by atoms with Crippen LogP contribution in [0.4, 0.5) is 0 Å². The maximum atomic E-state index is 11.8. The summed E-state index contributed by atoms with van der Waals surface area (Å²) in [5, 5.41) is 2.92. The summed E-state index contributed by atoms with van der Waals surface area (Å²) >= 11 is 0. The molecule has 0 aromatic carbocycles. The van der Waals surface area contributed by atoms with E-state index in [1.165, 1.54) is 25.1 Å². The number of H-pyrrole nitrogens is 1. The Morgan fingerprint density at radius 3 is 2.76 bits per heavy atom. The Hall–Kier alpha value is -1.58. The van der Waals surface area contributed by atoms with Crippen LogP contribution < -0.4 is 10.9 Å². The lowest BCUT2D eigenvalue weighted by atomic mass is 9.92. The van der Waals surface area contributed by atoms with E-state index in [1.807, 2.05) is 0 Å². The predicted molar refractivity (Wildman–Crippen MR) is 65.9 cm³/mol. The minimum atomic E-state index is -0.248. The molecule has 1 aromatic rings. The van der Waals surface area contributed by atoms with Crippen LogP contribution >= 0.6 is 0 Å². The van der Waals surface area contributed by atoms with Gasteiger partial charge in [0.2, 0.25) is 5.56 Å². The van der Waals surface area contributed by atoms with E-state index in [4.69, 9.17) is 0 Å². The minimum absolute atomic E-state index is 0.164. The number of pyridine rings is 1. The zero-order valence-electron chi connectivity index (χ0n) is 10.2. The average molecular weight is 234 g/mol. The molecular formula is C13H18N2O2. The molecule has 0 spiro atoms. The van der Waals surface area contributed by atoms with Gasteiger partial charge in [0.25, 0.3) is 5.91 Å². The average Bonchev–Trinajstić information content (AvgIpc) is 3.07. The molecule has 0 saturated heterocycles. The molecule has 1 heterocycles.